The topological polar surface area (TPSA) is 45.5 Å². The Bertz CT molecular complexity index is 585. The number of hydrogen-bond acceptors (Lipinski definition) is 2. The molecule has 0 fully saturated rings. The maximum atomic E-state index is 12.3. The van der Waals surface area contributed by atoms with Gasteiger partial charge in [-0.25, -0.2) is 0 Å². The highest BCUT2D eigenvalue weighted by Gasteiger charge is 2.22. The molecular weight excluding hydrogens is 240 g/mol. The van der Waals surface area contributed by atoms with Gasteiger partial charge in [0.15, 0.2) is 0 Å². The van der Waals surface area contributed by atoms with Crippen molar-refractivity contribution in [1.29, 1.82) is 0 Å². The number of para-hydroxylation sites is 1. The number of aliphatic hydroxyl groups is 1. The summed E-state index contributed by atoms with van der Waals surface area (Å²) in [5.74, 6) is -0.370. The Balaban J connectivity index is 2.41. The summed E-state index contributed by atoms with van der Waals surface area (Å²) in [7, 11) is 3.73. The van der Waals surface area contributed by atoms with Crippen molar-refractivity contribution >= 4 is 22.5 Å². The molecule has 1 aromatic carbocycles. The highest BCUT2D eigenvalue weighted by Crippen LogP contribution is 2.28. The van der Waals surface area contributed by atoms with Crippen LogP contribution in [0, 0.1) is 5.92 Å². The van der Waals surface area contributed by atoms with Gasteiger partial charge in [0.05, 0.1) is 18.2 Å². The smallest absolute Gasteiger partial charge is 0.232 e. The molecule has 0 saturated heterocycles. The molecule has 1 heterocycles. The molecule has 19 heavy (non-hydrogen) atoms. The van der Waals surface area contributed by atoms with Gasteiger partial charge < -0.3 is 14.6 Å². The van der Waals surface area contributed by atoms with Crippen molar-refractivity contribution in [1.82, 2.24) is 4.57 Å². The van der Waals surface area contributed by atoms with Crippen molar-refractivity contribution in [2.24, 2.45) is 13.0 Å². The molecule has 0 aliphatic carbocycles. The normalized spacial score (nSPS) is 12.6. The van der Waals surface area contributed by atoms with E-state index in [0.29, 0.717) is 6.42 Å². The molecule has 1 N–H and O–H groups in total. The third-order valence-corrected chi connectivity index (χ3v) is 3.63. The zero-order valence-electron chi connectivity index (χ0n) is 11.6. The van der Waals surface area contributed by atoms with Crippen LogP contribution in [0.5, 0.6) is 0 Å². The first-order chi connectivity index (χ1) is 9.10. The summed E-state index contributed by atoms with van der Waals surface area (Å²) in [6.07, 6.45) is 2.59. The molecule has 0 aliphatic rings. The fourth-order valence-electron chi connectivity index (χ4n) is 2.36. The van der Waals surface area contributed by atoms with E-state index >= 15 is 0 Å². The third-order valence-electron chi connectivity index (χ3n) is 3.63. The Hall–Kier alpha value is -1.81. The molecule has 0 saturated carbocycles. The minimum absolute atomic E-state index is 0.0404. The van der Waals surface area contributed by atoms with Crippen LogP contribution in [0.1, 0.15) is 13.3 Å². The molecule has 2 aromatic rings. The number of hydrogen-bond donors (Lipinski definition) is 1. The van der Waals surface area contributed by atoms with Crippen LogP contribution in [0.3, 0.4) is 0 Å². The summed E-state index contributed by atoms with van der Waals surface area (Å²) < 4.78 is 2.01. The molecule has 0 aliphatic heterocycles. The van der Waals surface area contributed by atoms with Crippen LogP contribution < -0.4 is 4.90 Å². The molecule has 1 atom stereocenters. The van der Waals surface area contributed by atoms with E-state index in [-0.39, 0.29) is 18.4 Å². The van der Waals surface area contributed by atoms with Gasteiger partial charge in [-0.15, -0.1) is 0 Å². The number of carbonyl (C=O) groups excluding carboxylic acids is 1. The molecule has 1 amide bonds. The van der Waals surface area contributed by atoms with Crippen molar-refractivity contribution in [2.75, 3.05) is 18.6 Å². The standard InChI is InChI=1S/C15H20N2O2/c1-4-11(10-18)15(19)17(3)14-9-16(2)13-8-6-5-7-12(13)14/h5-9,11,18H,4,10H2,1-3H3. The van der Waals surface area contributed by atoms with Gasteiger partial charge in [0.2, 0.25) is 5.91 Å². The van der Waals surface area contributed by atoms with Gasteiger partial charge in [0.1, 0.15) is 0 Å². The lowest BCUT2D eigenvalue weighted by molar-refractivity contribution is -0.123. The van der Waals surface area contributed by atoms with Crippen molar-refractivity contribution in [3.05, 3.63) is 30.5 Å². The third kappa shape index (κ3) is 2.36. The highest BCUT2D eigenvalue weighted by atomic mass is 16.3. The van der Waals surface area contributed by atoms with Crippen LogP contribution in [0.25, 0.3) is 10.9 Å². The van der Waals surface area contributed by atoms with E-state index < -0.39 is 0 Å². The number of benzene rings is 1. The van der Waals surface area contributed by atoms with Crippen LogP contribution >= 0.6 is 0 Å². The number of nitrogens with zero attached hydrogens (tertiary/aromatic N) is 2. The minimum Gasteiger partial charge on any atom is -0.396 e. The fourth-order valence-corrected chi connectivity index (χ4v) is 2.36. The Labute approximate surface area is 113 Å². The number of aryl methyl sites for hydroxylation is 1. The Kier molecular flexibility index (Phi) is 3.90. The molecule has 0 bridgehead atoms. The summed E-state index contributed by atoms with van der Waals surface area (Å²) in [5, 5.41) is 10.3. The van der Waals surface area contributed by atoms with Gasteiger partial charge in [-0.2, -0.15) is 0 Å². The van der Waals surface area contributed by atoms with Crippen molar-refractivity contribution in [3.8, 4) is 0 Å². The Morgan fingerprint density at radius 3 is 2.74 bits per heavy atom. The summed E-state index contributed by atoms with van der Waals surface area (Å²) in [6, 6.07) is 7.98. The molecule has 0 spiro atoms. The molecule has 4 nitrogen and oxygen atoms in total. The second kappa shape index (κ2) is 5.45. The van der Waals surface area contributed by atoms with E-state index in [9.17, 15) is 9.90 Å². The van der Waals surface area contributed by atoms with Gasteiger partial charge in [-0.05, 0) is 12.5 Å². The lowest BCUT2D eigenvalue weighted by Crippen LogP contribution is -2.34. The highest BCUT2D eigenvalue weighted by molar-refractivity contribution is 6.04. The van der Waals surface area contributed by atoms with E-state index in [4.69, 9.17) is 0 Å². The van der Waals surface area contributed by atoms with E-state index in [2.05, 4.69) is 0 Å². The summed E-state index contributed by atoms with van der Waals surface area (Å²) in [5.41, 5.74) is 1.98. The van der Waals surface area contributed by atoms with Crippen molar-refractivity contribution in [3.63, 3.8) is 0 Å². The number of amides is 1. The molecule has 1 unspecified atom stereocenters. The van der Waals surface area contributed by atoms with Crippen LogP contribution in [0.15, 0.2) is 30.5 Å². The first kappa shape index (κ1) is 13.6. The number of fused-ring (bicyclic) bond motifs is 1. The maximum absolute atomic E-state index is 12.3. The zero-order chi connectivity index (χ0) is 14.0. The van der Waals surface area contributed by atoms with E-state index in [0.717, 1.165) is 16.6 Å². The summed E-state index contributed by atoms with van der Waals surface area (Å²) in [6.45, 7) is 1.81. The summed E-state index contributed by atoms with van der Waals surface area (Å²) >= 11 is 0. The van der Waals surface area contributed by atoms with Gasteiger partial charge in [0, 0.05) is 31.2 Å². The van der Waals surface area contributed by atoms with Gasteiger partial charge in [-0.1, -0.05) is 25.1 Å². The predicted molar refractivity (Wildman–Crippen MR) is 77.2 cm³/mol. The SMILES string of the molecule is CCC(CO)C(=O)N(C)c1cn(C)c2ccccc12. The lowest BCUT2D eigenvalue weighted by Gasteiger charge is -2.21. The average molecular weight is 260 g/mol. The fraction of sp³-hybridized carbons (Fsp3) is 0.400. The first-order valence-electron chi connectivity index (χ1n) is 6.52. The average Bonchev–Trinajstić information content (AvgIpc) is 2.77. The predicted octanol–water partition coefficient (Wildman–Crippen LogP) is 2.16. The van der Waals surface area contributed by atoms with Crippen molar-refractivity contribution < 1.29 is 9.90 Å². The molecule has 2 rings (SSSR count). The molecular formula is C15H20N2O2. The minimum atomic E-state index is -0.330. The van der Waals surface area contributed by atoms with Gasteiger partial charge >= 0.3 is 0 Å². The molecule has 4 heteroatoms. The van der Waals surface area contributed by atoms with E-state index in [1.807, 2.05) is 49.0 Å². The lowest BCUT2D eigenvalue weighted by atomic mass is 10.1. The monoisotopic (exact) mass is 260 g/mol. The van der Waals surface area contributed by atoms with E-state index in [1.54, 1.807) is 11.9 Å². The first-order valence-corrected chi connectivity index (χ1v) is 6.52. The molecule has 1 aromatic heterocycles. The second-order valence-electron chi connectivity index (χ2n) is 4.83. The quantitative estimate of drug-likeness (QED) is 0.915. The van der Waals surface area contributed by atoms with Gasteiger partial charge in [0.25, 0.3) is 0 Å². The van der Waals surface area contributed by atoms with Crippen LogP contribution in [0.4, 0.5) is 5.69 Å². The van der Waals surface area contributed by atoms with Crippen molar-refractivity contribution in [2.45, 2.75) is 13.3 Å². The van der Waals surface area contributed by atoms with Crippen LogP contribution in [-0.4, -0.2) is 29.2 Å². The van der Waals surface area contributed by atoms with E-state index in [1.165, 1.54) is 0 Å². The zero-order valence-corrected chi connectivity index (χ0v) is 11.6. The number of aromatic nitrogens is 1. The van der Waals surface area contributed by atoms with Crippen LogP contribution in [-0.2, 0) is 11.8 Å². The summed E-state index contributed by atoms with van der Waals surface area (Å²) in [4.78, 5) is 14.0. The number of anilines is 1. The Morgan fingerprint density at radius 1 is 1.42 bits per heavy atom. The molecule has 102 valence electrons. The molecule has 0 radical (unpaired) electrons. The van der Waals surface area contributed by atoms with Gasteiger partial charge in [-0.3, -0.25) is 4.79 Å². The number of aliphatic hydroxyl groups excluding tert-OH is 1. The largest absolute Gasteiger partial charge is 0.396 e. The maximum Gasteiger partial charge on any atom is 0.232 e. The number of rotatable bonds is 4. The second-order valence-corrected chi connectivity index (χ2v) is 4.83. The van der Waals surface area contributed by atoms with Crippen LogP contribution in [0.2, 0.25) is 0 Å². The Morgan fingerprint density at radius 2 is 2.11 bits per heavy atom. The number of carbonyl (C=O) groups is 1.